The van der Waals surface area contributed by atoms with Gasteiger partial charge in [0.1, 0.15) is 11.3 Å². The Morgan fingerprint density at radius 1 is 1.17 bits per heavy atom. The molecule has 1 N–H and O–H groups in total. The number of hydrogen-bond acceptors (Lipinski definition) is 5. The standard InChI is InChI=1S/C19H16O5/c1-3-15(20)12-6-9-16-14(10-12)17(21)18(22)19(24-16)11-4-7-13(23-2)8-5-11/h4-10,22H,3H2,1-2H3. The number of carbonyl (C=O) groups is 1. The quantitative estimate of drug-likeness (QED) is 0.739. The summed E-state index contributed by atoms with van der Waals surface area (Å²) in [6.45, 7) is 1.75. The second-order valence-corrected chi connectivity index (χ2v) is 5.33. The summed E-state index contributed by atoms with van der Waals surface area (Å²) < 4.78 is 10.8. The van der Waals surface area contributed by atoms with Gasteiger partial charge in [-0.25, -0.2) is 0 Å². The summed E-state index contributed by atoms with van der Waals surface area (Å²) >= 11 is 0. The molecule has 0 atom stereocenters. The predicted octanol–water partition coefficient (Wildman–Crippen LogP) is 3.77. The van der Waals surface area contributed by atoms with Crippen LogP contribution >= 0.6 is 0 Å². The Hall–Kier alpha value is -3.08. The lowest BCUT2D eigenvalue weighted by atomic mass is 10.0. The van der Waals surface area contributed by atoms with Crippen LogP contribution in [0.2, 0.25) is 0 Å². The van der Waals surface area contributed by atoms with E-state index in [-0.39, 0.29) is 16.9 Å². The summed E-state index contributed by atoms with van der Waals surface area (Å²) in [6, 6.07) is 11.5. The molecule has 1 aromatic heterocycles. The minimum absolute atomic E-state index is 0.0741. The minimum atomic E-state index is -0.562. The van der Waals surface area contributed by atoms with E-state index >= 15 is 0 Å². The Balaban J connectivity index is 2.19. The van der Waals surface area contributed by atoms with Crippen molar-refractivity contribution in [3.63, 3.8) is 0 Å². The van der Waals surface area contributed by atoms with Crippen LogP contribution in [0.15, 0.2) is 51.7 Å². The number of carbonyl (C=O) groups excluding carboxylic acids is 1. The van der Waals surface area contributed by atoms with Gasteiger partial charge in [0, 0.05) is 17.5 Å². The van der Waals surface area contributed by atoms with Crippen molar-refractivity contribution in [1.29, 1.82) is 0 Å². The smallest absolute Gasteiger partial charge is 0.235 e. The zero-order chi connectivity index (χ0) is 17.3. The lowest BCUT2D eigenvalue weighted by Gasteiger charge is -2.07. The Kier molecular flexibility index (Phi) is 4.08. The third-order valence-electron chi connectivity index (χ3n) is 3.86. The van der Waals surface area contributed by atoms with E-state index < -0.39 is 11.2 Å². The van der Waals surface area contributed by atoms with Crippen molar-refractivity contribution < 1.29 is 19.1 Å². The molecular weight excluding hydrogens is 308 g/mol. The number of ether oxygens (including phenoxy) is 1. The van der Waals surface area contributed by atoms with E-state index in [4.69, 9.17) is 9.15 Å². The summed E-state index contributed by atoms with van der Waals surface area (Å²) in [7, 11) is 1.55. The largest absolute Gasteiger partial charge is 0.502 e. The van der Waals surface area contributed by atoms with Gasteiger partial charge in [0.05, 0.1) is 12.5 Å². The van der Waals surface area contributed by atoms with Gasteiger partial charge in [0.15, 0.2) is 11.5 Å². The summed E-state index contributed by atoms with van der Waals surface area (Å²) in [5.41, 5.74) is 0.735. The van der Waals surface area contributed by atoms with Crippen LogP contribution in [0.1, 0.15) is 23.7 Å². The van der Waals surface area contributed by atoms with Gasteiger partial charge in [-0.15, -0.1) is 0 Å². The maximum absolute atomic E-state index is 12.5. The van der Waals surface area contributed by atoms with Crippen LogP contribution in [0.25, 0.3) is 22.3 Å². The van der Waals surface area contributed by atoms with Crippen molar-refractivity contribution in [2.24, 2.45) is 0 Å². The van der Waals surface area contributed by atoms with Crippen molar-refractivity contribution in [2.45, 2.75) is 13.3 Å². The molecule has 3 aromatic rings. The van der Waals surface area contributed by atoms with Crippen LogP contribution in [0.3, 0.4) is 0 Å². The molecule has 24 heavy (non-hydrogen) atoms. The minimum Gasteiger partial charge on any atom is -0.502 e. The molecule has 2 aromatic carbocycles. The third-order valence-corrected chi connectivity index (χ3v) is 3.86. The molecule has 0 bridgehead atoms. The fourth-order valence-corrected chi connectivity index (χ4v) is 2.50. The Morgan fingerprint density at radius 2 is 1.88 bits per heavy atom. The number of fused-ring (bicyclic) bond motifs is 1. The van der Waals surface area contributed by atoms with Crippen molar-refractivity contribution in [1.82, 2.24) is 0 Å². The van der Waals surface area contributed by atoms with E-state index in [1.165, 1.54) is 6.07 Å². The van der Waals surface area contributed by atoms with E-state index in [2.05, 4.69) is 0 Å². The van der Waals surface area contributed by atoms with E-state index in [1.807, 2.05) is 0 Å². The van der Waals surface area contributed by atoms with Gasteiger partial charge < -0.3 is 14.3 Å². The first kappa shape index (κ1) is 15.8. The fourth-order valence-electron chi connectivity index (χ4n) is 2.50. The SMILES string of the molecule is CCC(=O)c1ccc2oc(-c3ccc(OC)cc3)c(O)c(=O)c2c1. The molecule has 0 aliphatic rings. The molecule has 0 aliphatic heterocycles. The average molecular weight is 324 g/mol. The first-order chi connectivity index (χ1) is 11.5. The zero-order valence-corrected chi connectivity index (χ0v) is 13.3. The predicted molar refractivity (Wildman–Crippen MR) is 90.8 cm³/mol. The maximum atomic E-state index is 12.5. The van der Waals surface area contributed by atoms with Crippen molar-refractivity contribution in [3.8, 4) is 22.8 Å². The molecule has 5 heteroatoms. The van der Waals surface area contributed by atoms with E-state index in [9.17, 15) is 14.7 Å². The van der Waals surface area contributed by atoms with Gasteiger partial charge in [-0.2, -0.15) is 0 Å². The summed E-state index contributed by atoms with van der Waals surface area (Å²) in [4.78, 5) is 24.3. The molecule has 0 unspecified atom stereocenters. The van der Waals surface area contributed by atoms with Gasteiger partial charge in [0.25, 0.3) is 0 Å². The lowest BCUT2D eigenvalue weighted by molar-refractivity contribution is 0.0988. The van der Waals surface area contributed by atoms with Crippen LogP contribution in [-0.4, -0.2) is 18.0 Å². The molecule has 0 fully saturated rings. The van der Waals surface area contributed by atoms with E-state index in [0.717, 1.165) is 0 Å². The number of methoxy groups -OCH3 is 1. The summed E-state index contributed by atoms with van der Waals surface area (Å²) in [5, 5.41) is 10.4. The third kappa shape index (κ3) is 2.65. The summed E-state index contributed by atoms with van der Waals surface area (Å²) in [5.74, 6) is 0.192. The molecule has 0 saturated carbocycles. The molecule has 5 nitrogen and oxygen atoms in total. The highest BCUT2D eigenvalue weighted by atomic mass is 16.5. The number of hydrogen-bond donors (Lipinski definition) is 1. The van der Waals surface area contributed by atoms with Crippen molar-refractivity contribution in [2.75, 3.05) is 7.11 Å². The summed E-state index contributed by atoms with van der Waals surface area (Å²) in [6.07, 6.45) is 0.340. The second kappa shape index (κ2) is 6.20. The van der Waals surface area contributed by atoms with Crippen LogP contribution < -0.4 is 10.2 Å². The molecular formula is C19H16O5. The molecule has 0 aliphatic carbocycles. The number of aromatic hydroxyl groups is 1. The second-order valence-electron chi connectivity index (χ2n) is 5.33. The zero-order valence-electron chi connectivity index (χ0n) is 13.3. The van der Waals surface area contributed by atoms with Gasteiger partial charge >= 0.3 is 0 Å². The van der Waals surface area contributed by atoms with Crippen LogP contribution in [0, 0.1) is 0 Å². The Morgan fingerprint density at radius 3 is 2.50 bits per heavy atom. The average Bonchev–Trinajstić information content (AvgIpc) is 2.63. The van der Waals surface area contributed by atoms with Gasteiger partial charge in [0.2, 0.25) is 11.2 Å². The van der Waals surface area contributed by atoms with E-state index in [1.54, 1.807) is 50.4 Å². The highest BCUT2D eigenvalue weighted by Gasteiger charge is 2.16. The van der Waals surface area contributed by atoms with Gasteiger partial charge in [-0.1, -0.05) is 6.92 Å². The molecule has 3 rings (SSSR count). The first-order valence-corrected chi connectivity index (χ1v) is 7.52. The van der Waals surface area contributed by atoms with Crippen molar-refractivity contribution in [3.05, 3.63) is 58.3 Å². The number of benzene rings is 2. The van der Waals surface area contributed by atoms with Crippen LogP contribution in [0.4, 0.5) is 0 Å². The number of ketones is 1. The molecule has 0 spiro atoms. The topological polar surface area (TPSA) is 76.7 Å². The van der Waals surface area contributed by atoms with Crippen LogP contribution in [0.5, 0.6) is 11.5 Å². The van der Waals surface area contributed by atoms with Gasteiger partial charge in [-0.05, 0) is 42.5 Å². The Bertz CT molecular complexity index is 967. The number of rotatable bonds is 4. The van der Waals surface area contributed by atoms with Crippen LogP contribution in [-0.2, 0) is 0 Å². The lowest BCUT2D eigenvalue weighted by Crippen LogP contribution is -2.05. The molecule has 0 radical (unpaired) electrons. The van der Waals surface area contributed by atoms with Crippen molar-refractivity contribution >= 4 is 16.8 Å². The van der Waals surface area contributed by atoms with E-state index in [0.29, 0.717) is 28.9 Å². The first-order valence-electron chi connectivity index (χ1n) is 7.52. The molecule has 0 saturated heterocycles. The maximum Gasteiger partial charge on any atom is 0.235 e. The molecule has 122 valence electrons. The monoisotopic (exact) mass is 324 g/mol. The fraction of sp³-hybridized carbons (Fsp3) is 0.158. The van der Waals surface area contributed by atoms with Gasteiger partial charge in [-0.3, -0.25) is 9.59 Å². The highest BCUT2D eigenvalue weighted by molar-refractivity contribution is 5.99. The molecule has 0 amide bonds. The molecule has 1 heterocycles. The normalized spacial score (nSPS) is 10.8. The number of Topliss-reactive ketones (excluding diaryl/α,β-unsaturated/α-hetero) is 1. The highest BCUT2D eigenvalue weighted by Crippen LogP contribution is 2.31. The Labute approximate surface area is 138 Å².